The second kappa shape index (κ2) is 10.5. The summed E-state index contributed by atoms with van der Waals surface area (Å²) < 4.78 is 57.9. The molecule has 1 N–H and O–H groups in total. The lowest BCUT2D eigenvalue weighted by atomic mass is 10.1. The molecule has 0 saturated carbocycles. The molecule has 5 rings (SSSR count). The van der Waals surface area contributed by atoms with Crippen LogP contribution in [0.25, 0.3) is 5.65 Å². The molecule has 0 unspecified atom stereocenters. The van der Waals surface area contributed by atoms with Gasteiger partial charge >= 0.3 is 6.36 Å². The average molecular weight is 542 g/mol. The van der Waals surface area contributed by atoms with Gasteiger partial charge in [-0.05, 0) is 73.5 Å². The Bertz CT molecular complexity index is 1490. The van der Waals surface area contributed by atoms with Crippen molar-refractivity contribution in [3.63, 3.8) is 0 Å². The van der Waals surface area contributed by atoms with Gasteiger partial charge in [0.15, 0.2) is 0 Å². The predicted octanol–water partition coefficient (Wildman–Crippen LogP) is 5.25. The van der Waals surface area contributed by atoms with Gasteiger partial charge in [-0.2, -0.15) is 0 Å². The molecule has 204 valence electrons. The normalized spacial score (nSPS) is 14.1. The van der Waals surface area contributed by atoms with E-state index in [1.807, 2.05) is 35.1 Å². The van der Waals surface area contributed by atoms with Gasteiger partial charge < -0.3 is 19.9 Å². The summed E-state index contributed by atoms with van der Waals surface area (Å²) in [5, 5.41) is 2.86. The van der Waals surface area contributed by atoms with Crippen molar-refractivity contribution >= 4 is 22.9 Å². The summed E-state index contributed by atoms with van der Waals surface area (Å²) in [4.78, 5) is 21.3. The Morgan fingerprint density at radius 2 is 1.67 bits per heavy atom. The number of aryl methyl sites for hydroxylation is 2. The number of carbonyl (C=O) groups excluding carboxylic acids is 1. The van der Waals surface area contributed by atoms with Crippen molar-refractivity contribution in [2.75, 3.05) is 36.0 Å². The number of ether oxygens (including phenoxy) is 1. The van der Waals surface area contributed by atoms with Crippen LogP contribution in [-0.4, -0.2) is 47.8 Å². The number of fused-ring (bicyclic) bond motifs is 1. The van der Waals surface area contributed by atoms with E-state index < -0.39 is 6.36 Å². The number of rotatable bonds is 6. The van der Waals surface area contributed by atoms with Gasteiger partial charge in [-0.3, -0.25) is 9.20 Å². The van der Waals surface area contributed by atoms with Crippen LogP contribution in [-0.2, 0) is 6.54 Å². The number of alkyl halides is 3. The summed E-state index contributed by atoms with van der Waals surface area (Å²) in [6, 6.07) is 14.4. The fraction of sp³-hybridized carbons (Fsp3) is 0.286. The summed E-state index contributed by atoms with van der Waals surface area (Å²) in [6.45, 7) is 6.14. The summed E-state index contributed by atoms with van der Waals surface area (Å²) in [5.74, 6) is -0.945. The van der Waals surface area contributed by atoms with E-state index in [1.54, 1.807) is 35.6 Å². The Labute approximate surface area is 222 Å². The zero-order chi connectivity index (χ0) is 27.7. The molecule has 1 saturated heterocycles. The van der Waals surface area contributed by atoms with Gasteiger partial charge in [0.25, 0.3) is 5.91 Å². The molecule has 1 fully saturated rings. The van der Waals surface area contributed by atoms with Crippen LogP contribution in [0.3, 0.4) is 0 Å². The molecule has 0 bridgehead atoms. The standard InChI is InChI=1S/C28H27F4N5O2/c1-18-9-10-37-25(15-18)34-19(2)26(37)27(38)33-17-20-3-8-24(23(29)16-20)36-13-11-35(12-14-36)21-4-6-22(7-5-21)39-28(30,31)32/h3-10,15-16H,11-14,17H2,1-2H3,(H,33,38). The predicted molar refractivity (Wildman–Crippen MR) is 140 cm³/mol. The van der Waals surface area contributed by atoms with Gasteiger partial charge in [0.1, 0.15) is 22.9 Å². The Morgan fingerprint density at radius 1 is 0.974 bits per heavy atom. The van der Waals surface area contributed by atoms with Crippen molar-refractivity contribution in [3.05, 3.63) is 89.1 Å². The van der Waals surface area contributed by atoms with Gasteiger partial charge in [-0.15, -0.1) is 13.2 Å². The second-order valence-corrected chi connectivity index (χ2v) is 9.46. The number of hydrogen-bond acceptors (Lipinski definition) is 5. The number of anilines is 2. The summed E-state index contributed by atoms with van der Waals surface area (Å²) in [6.07, 6.45) is -2.92. The smallest absolute Gasteiger partial charge is 0.406 e. The first kappa shape index (κ1) is 26.3. The highest BCUT2D eigenvalue weighted by atomic mass is 19.4. The van der Waals surface area contributed by atoms with Crippen molar-refractivity contribution in [3.8, 4) is 5.75 Å². The summed E-state index contributed by atoms with van der Waals surface area (Å²) >= 11 is 0. The molecule has 2 aromatic carbocycles. The first-order valence-corrected chi connectivity index (χ1v) is 12.4. The first-order chi connectivity index (χ1) is 18.6. The topological polar surface area (TPSA) is 62.1 Å². The fourth-order valence-electron chi connectivity index (χ4n) is 4.78. The maximum atomic E-state index is 15.1. The Hall–Kier alpha value is -4.28. The molecule has 7 nitrogen and oxygen atoms in total. The molecule has 0 radical (unpaired) electrons. The molecule has 11 heteroatoms. The zero-order valence-electron chi connectivity index (χ0n) is 21.4. The third kappa shape index (κ3) is 5.92. The van der Waals surface area contributed by atoms with Gasteiger partial charge in [-0.1, -0.05) is 6.07 Å². The molecule has 3 heterocycles. The molecule has 0 spiro atoms. The maximum absolute atomic E-state index is 15.1. The lowest BCUT2D eigenvalue weighted by Gasteiger charge is -2.37. The highest BCUT2D eigenvalue weighted by Gasteiger charge is 2.31. The van der Waals surface area contributed by atoms with E-state index >= 15 is 4.39 Å². The van der Waals surface area contributed by atoms with Gasteiger partial charge in [0.05, 0.1) is 11.4 Å². The van der Waals surface area contributed by atoms with E-state index in [1.165, 1.54) is 18.2 Å². The number of pyridine rings is 1. The first-order valence-electron chi connectivity index (χ1n) is 12.4. The zero-order valence-corrected chi connectivity index (χ0v) is 21.4. The highest BCUT2D eigenvalue weighted by molar-refractivity contribution is 5.94. The van der Waals surface area contributed by atoms with Crippen LogP contribution >= 0.6 is 0 Å². The molecule has 4 aromatic rings. The number of nitrogens with one attached hydrogen (secondary N) is 1. The summed E-state index contributed by atoms with van der Waals surface area (Å²) in [5.41, 5.74) is 4.67. The minimum Gasteiger partial charge on any atom is -0.406 e. The Morgan fingerprint density at radius 3 is 2.33 bits per heavy atom. The fourth-order valence-corrected chi connectivity index (χ4v) is 4.78. The number of hydrogen-bond donors (Lipinski definition) is 1. The van der Waals surface area contributed by atoms with E-state index in [0.29, 0.717) is 54.5 Å². The molecule has 0 aliphatic carbocycles. The van der Waals surface area contributed by atoms with Crippen LogP contribution in [0, 0.1) is 19.7 Å². The largest absolute Gasteiger partial charge is 0.573 e. The number of carbonyl (C=O) groups is 1. The van der Waals surface area contributed by atoms with Crippen LogP contribution in [0.4, 0.5) is 28.9 Å². The molecule has 2 aromatic heterocycles. The molecule has 1 amide bonds. The van der Waals surface area contributed by atoms with Crippen molar-refractivity contribution < 1.29 is 27.1 Å². The quantitative estimate of drug-likeness (QED) is 0.338. The van der Waals surface area contributed by atoms with E-state index in [9.17, 15) is 18.0 Å². The number of imidazole rings is 1. The minimum absolute atomic E-state index is 0.163. The third-order valence-corrected chi connectivity index (χ3v) is 6.69. The average Bonchev–Trinajstić information content (AvgIpc) is 3.22. The Kier molecular flexibility index (Phi) is 7.07. The molecular formula is C28H27F4N5O2. The van der Waals surface area contributed by atoms with Gasteiger partial charge in [-0.25, -0.2) is 9.37 Å². The monoisotopic (exact) mass is 541 g/mol. The second-order valence-electron chi connectivity index (χ2n) is 9.46. The molecular weight excluding hydrogens is 514 g/mol. The Balaban J connectivity index is 1.18. The number of benzene rings is 2. The van der Waals surface area contributed by atoms with Crippen molar-refractivity contribution in [1.82, 2.24) is 14.7 Å². The van der Waals surface area contributed by atoms with Crippen LogP contribution in [0.15, 0.2) is 60.8 Å². The van der Waals surface area contributed by atoms with Crippen LogP contribution in [0.5, 0.6) is 5.75 Å². The van der Waals surface area contributed by atoms with E-state index in [-0.39, 0.29) is 24.0 Å². The lowest BCUT2D eigenvalue weighted by Crippen LogP contribution is -2.46. The lowest BCUT2D eigenvalue weighted by molar-refractivity contribution is -0.274. The molecule has 1 aliphatic rings. The summed E-state index contributed by atoms with van der Waals surface area (Å²) in [7, 11) is 0. The van der Waals surface area contributed by atoms with E-state index in [0.717, 1.165) is 11.3 Å². The molecule has 0 atom stereocenters. The number of aromatic nitrogens is 2. The van der Waals surface area contributed by atoms with Gasteiger partial charge in [0.2, 0.25) is 0 Å². The maximum Gasteiger partial charge on any atom is 0.573 e. The number of halogens is 4. The van der Waals surface area contributed by atoms with Gasteiger partial charge in [0, 0.05) is 44.6 Å². The van der Waals surface area contributed by atoms with Crippen molar-refractivity contribution in [2.24, 2.45) is 0 Å². The number of piperazine rings is 1. The number of amides is 1. The van der Waals surface area contributed by atoms with E-state index in [4.69, 9.17) is 0 Å². The van der Waals surface area contributed by atoms with E-state index in [2.05, 4.69) is 15.0 Å². The number of nitrogens with zero attached hydrogens (tertiary/aromatic N) is 4. The third-order valence-electron chi connectivity index (χ3n) is 6.69. The van der Waals surface area contributed by atoms with Crippen molar-refractivity contribution in [2.45, 2.75) is 26.8 Å². The minimum atomic E-state index is -4.73. The van der Waals surface area contributed by atoms with Crippen LogP contribution in [0.1, 0.15) is 27.3 Å². The SMILES string of the molecule is Cc1ccn2c(C(=O)NCc3ccc(N4CCN(c5ccc(OC(F)(F)F)cc5)CC4)c(F)c3)c(C)nc2c1. The molecule has 1 aliphatic heterocycles. The van der Waals surface area contributed by atoms with Crippen LogP contribution < -0.4 is 19.9 Å². The highest BCUT2D eigenvalue weighted by Crippen LogP contribution is 2.27. The molecule has 39 heavy (non-hydrogen) atoms. The van der Waals surface area contributed by atoms with Crippen molar-refractivity contribution in [1.29, 1.82) is 0 Å². The van der Waals surface area contributed by atoms with Crippen LogP contribution in [0.2, 0.25) is 0 Å².